The van der Waals surface area contributed by atoms with Crippen LogP contribution < -0.4 is 10.2 Å². The number of anilines is 3. The molecular weight excluding hydrogens is 268 g/mol. The first-order chi connectivity index (χ1) is 10.0. The standard InChI is InChI=1S/C15H18N4O2/c1-4-16-14-9-12(19(20)21)10-15(17-14)18(3)13-8-6-5-7-11(13)2/h5-10H,4H2,1-3H3,(H,16,17). The lowest BCUT2D eigenvalue weighted by Gasteiger charge is -2.21. The lowest BCUT2D eigenvalue weighted by Crippen LogP contribution is -2.14. The van der Waals surface area contributed by atoms with Crippen molar-refractivity contribution in [3.63, 3.8) is 0 Å². The second kappa shape index (κ2) is 6.21. The van der Waals surface area contributed by atoms with Gasteiger partial charge >= 0.3 is 0 Å². The van der Waals surface area contributed by atoms with E-state index in [1.165, 1.54) is 12.1 Å². The van der Waals surface area contributed by atoms with E-state index in [4.69, 9.17) is 0 Å². The predicted molar refractivity (Wildman–Crippen MR) is 84.3 cm³/mol. The molecule has 0 aliphatic carbocycles. The van der Waals surface area contributed by atoms with Crippen LogP contribution in [0.15, 0.2) is 36.4 Å². The molecule has 2 rings (SSSR count). The van der Waals surface area contributed by atoms with Gasteiger partial charge in [-0.15, -0.1) is 0 Å². The van der Waals surface area contributed by atoms with Crippen molar-refractivity contribution in [3.05, 3.63) is 52.1 Å². The van der Waals surface area contributed by atoms with E-state index in [2.05, 4.69) is 10.3 Å². The Bertz CT molecular complexity index is 658. The number of nitro groups is 1. The molecule has 0 spiro atoms. The molecule has 1 N–H and O–H groups in total. The van der Waals surface area contributed by atoms with E-state index in [0.717, 1.165) is 11.3 Å². The van der Waals surface area contributed by atoms with Crippen LogP contribution in [-0.4, -0.2) is 23.5 Å². The van der Waals surface area contributed by atoms with Gasteiger partial charge in [0.15, 0.2) is 0 Å². The zero-order valence-corrected chi connectivity index (χ0v) is 12.3. The molecule has 6 nitrogen and oxygen atoms in total. The van der Waals surface area contributed by atoms with Crippen LogP contribution in [0, 0.1) is 17.0 Å². The normalized spacial score (nSPS) is 10.2. The zero-order valence-electron chi connectivity index (χ0n) is 12.3. The monoisotopic (exact) mass is 286 g/mol. The maximum absolute atomic E-state index is 11.1. The Hall–Kier alpha value is -2.63. The molecule has 0 aliphatic rings. The zero-order chi connectivity index (χ0) is 15.4. The second-order valence-electron chi connectivity index (χ2n) is 4.70. The number of benzene rings is 1. The fraction of sp³-hybridized carbons (Fsp3) is 0.267. The number of para-hydroxylation sites is 1. The van der Waals surface area contributed by atoms with Crippen molar-refractivity contribution in [1.82, 2.24) is 4.98 Å². The average molecular weight is 286 g/mol. The van der Waals surface area contributed by atoms with E-state index in [1.54, 1.807) is 0 Å². The van der Waals surface area contributed by atoms with Gasteiger partial charge in [-0.1, -0.05) is 18.2 Å². The highest BCUT2D eigenvalue weighted by Crippen LogP contribution is 2.29. The van der Waals surface area contributed by atoms with Gasteiger partial charge in [-0.2, -0.15) is 0 Å². The quantitative estimate of drug-likeness (QED) is 0.673. The van der Waals surface area contributed by atoms with E-state index in [-0.39, 0.29) is 5.69 Å². The first-order valence-corrected chi connectivity index (χ1v) is 6.72. The lowest BCUT2D eigenvalue weighted by molar-refractivity contribution is -0.384. The number of nitrogens with one attached hydrogen (secondary N) is 1. The van der Waals surface area contributed by atoms with Crippen molar-refractivity contribution < 1.29 is 4.92 Å². The number of rotatable bonds is 5. The number of aromatic nitrogens is 1. The second-order valence-corrected chi connectivity index (χ2v) is 4.70. The third kappa shape index (κ3) is 3.28. The van der Waals surface area contributed by atoms with Crippen LogP contribution >= 0.6 is 0 Å². The Labute approximate surface area is 123 Å². The van der Waals surface area contributed by atoms with Crippen LogP contribution in [0.25, 0.3) is 0 Å². The van der Waals surface area contributed by atoms with Crippen LogP contribution in [0.2, 0.25) is 0 Å². The van der Waals surface area contributed by atoms with Gasteiger partial charge in [-0.05, 0) is 25.5 Å². The van der Waals surface area contributed by atoms with Crippen LogP contribution in [0.1, 0.15) is 12.5 Å². The van der Waals surface area contributed by atoms with Gasteiger partial charge in [0.1, 0.15) is 11.6 Å². The Morgan fingerprint density at radius 3 is 2.67 bits per heavy atom. The molecule has 1 aromatic heterocycles. The summed E-state index contributed by atoms with van der Waals surface area (Å²) in [7, 11) is 1.85. The number of hydrogen-bond acceptors (Lipinski definition) is 5. The van der Waals surface area contributed by atoms with Crippen LogP contribution in [0.3, 0.4) is 0 Å². The maximum Gasteiger partial charge on any atom is 0.276 e. The molecule has 1 aromatic carbocycles. The molecule has 0 saturated carbocycles. The Morgan fingerprint density at radius 2 is 2.05 bits per heavy atom. The van der Waals surface area contributed by atoms with E-state index in [9.17, 15) is 10.1 Å². The van der Waals surface area contributed by atoms with Gasteiger partial charge in [0, 0.05) is 19.3 Å². The third-order valence-electron chi connectivity index (χ3n) is 3.19. The van der Waals surface area contributed by atoms with Gasteiger partial charge < -0.3 is 10.2 Å². The molecule has 6 heteroatoms. The number of nitrogens with zero attached hydrogens (tertiary/aromatic N) is 3. The van der Waals surface area contributed by atoms with Crippen molar-refractivity contribution in [2.45, 2.75) is 13.8 Å². The first-order valence-electron chi connectivity index (χ1n) is 6.72. The number of hydrogen-bond donors (Lipinski definition) is 1. The molecule has 0 atom stereocenters. The van der Waals surface area contributed by atoms with Crippen LogP contribution in [-0.2, 0) is 0 Å². The molecule has 0 amide bonds. The first kappa shape index (κ1) is 14.8. The van der Waals surface area contributed by atoms with E-state index < -0.39 is 4.92 Å². The minimum absolute atomic E-state index is 0.0244. The topological polar surface area (TPSA) is 71.3 Å². The molecule has 0 unspecified atom stereocenters. The summed E-state index contributed by atoms with van der Waals surface area (Å²) in [5, 5.41) is 14.1. The fourth-order valence-electron chi connectivity index (χ4n) is 2.11. The maximum atomic E-state index is 11.1. The molecule has 21 heavy (non-hydrogen) atoms. The van der Waals surface area contributed by atoms with E-state index in [1.807, 2.05) is 50.1 Å². The molecule has 0 bridgehead atoms. The summed E-state index contributed by atoms with van der Waals surface area (Å²) in [5.74, 6) is 1.04. The molecule has 0 fully saturated rings. The summed E-state index contributed by atoms with van der Waals surface area (Å²) < 4.78 is 0. The lowest BCUT2D eigenvalue weighted by atomic mass is 10.2. The smallest absolute Gasteiger partial charge is 0.276 e. The van der Waals surface area contributed by atoms with Crippen LogP contribution in [0.4, 0.5) is 23.0 Å². The SMILES string of the molecule is CCNc1cc([N+](=O)[O-])cc(N(C)c2ccccc2C)n1. The van der Waals surface area contributed by atoms with Gasteiger partial charge in [-0.3, -0.25) is 10.1 Å². The van der Waals surface area contributed by atoms with Crippen molar-refractivity contribution in [1.29, 1.82) is 0 Å². The van der Waals surface area contributed by atoms with Crippen molar-refractivity contribution in [3.8, 4) is 0 Å². The summed E-state index contributed by atoms with van der Waals surface area (Å²) in [6.45, 7) is 4.57. The predicted octanol–water partition coefficient (Wildman–Crippen LogP) is 3.50. The van der Waals surface area contributed by atoms with Gasteiger partial charge in [0.05, 0.1) is 17.1 Å². The molecule has 0 saturated heterocycles. The summed E-state index contributed by atoms with van der Waals surface area (Å²) in [4.78, 5) is 16.9. The van der Waals surface area contributed by atoms with Gasteiger partial charge in [-0.25, -0.2) is 4.98 Å². The molecule has 0 aliphatic heterocycles. The minimum Gasteiger partial charge on any atom is -0.370 e. The summed E-state index contributed by atoms with van der Waals surface area (Å²) in [6, 6.07) is 10.8. The van der Waals surface area contributed by atoms with Crippen LogP contribution in [0.5, 0.6) is 0 Å². The highest BCUT2D eigenvalue weighted by atomic mass is 16.6. The number of aryl methyl sites for hydroxylation is 1. The Balaban J connectivity index is 2.47. The third-order valence-corrected chi connectivity index (χ3v) is 3.19. The fourth-order valence-corrected chi connectivity index (χ4v) is 2.11. The molecule has 0 radical (unpaired) electrons. The number of pyridine rings is 1. The average Bonchev–Trinajstić information content (AvgIpc) is 2.47. The Morgan fingerprint density at radius 1 is 1.33 bits per heavy atom. The minimum atomic E-state index is -0.405. The Kier molecular flexibility index (Phi) is 4.37. The molecule has 110 valence electrons. The summed E-state index contributed by atoms with van der Waals surface area (Å²) in [5.41, 5.74) is 2.07. The van der Waals surface area contributed by atoms with Gasteiger partial charge in [0.2, 0.25) is 0 Å². The summed E-state index contributed by atoms with van der Waals surface area (Å²) >= 11 is 0. The highest BCUT2D eigenvalue weighted by Gasteiger charge is 2.15. The molecule has 2 aromatic rings. The van der Waals surface area contributed by atoms with E-state index in [0.29, 0.717) is 18.2 Å². The van der Waals surface area contributed by atoms with Crippen molar-refractivity contribution in [2.75, 3.05) is 23.8 Å². The largest absolute Gasteiger partial charge is 0.370 e. The highest BCUT2D eigenvalue weighted by molar-refractivity contribution is 5.66. The van der Waals surface area contributed by atoms with E-state index >= 15 is 0 Å². The molecule has 1 heterocycles. The van der Waals surface area contributed by atoms with Crippen molar-refractivity contribution in [2.24, 2.45) is 0 Å². The van der Waals surface area contributed by atoms with Crippen molar-refractivity contribution >= 4 is 23.0 Å². The molecular formula is C15H18N4O2. The summed E-state index contributed by atoms with van der Waals surface area (Å²) in [6.07, 6.45) is 0. The van der Waals surface area contributed by atoms with Gasteiger partial charge in [0.25, 0.3) is 5.69 Å².